The standard InChI is InChI=1S/C12H14ClN3O/c1-3-14-7-11-15-12(17-16-11)9-4-8(2)5-10(13)6-9/h4-6,14H,3,7H2,1-2H3. The number of nitrogens with zero attached hydrogens (tertiary/aromatic N) is 2. The van der Waals surface area contributed by atoms with E-state index < -0.39 is 0 Å². The van der Waals surface area contributed by atoms with Crippen molar-refractivity contribution in [1.29, 1.82) is 0 Å². The molecule has 0 saturated heterocycles. The molecule has 0 fully saturated rings. The lowest BCUT2D eigenvalue weighted by molar-refractivity contribution is 0.420. The molecule has 1 N–H and O–H groups in total. The Balaban J connectivity index is 2.24. The van der Waals surface area contributed by atoms with Crippen LogP contribution in [0.1, 0.15) is 18.3 Å². The van der Waals surface area contributed by atoms with Crippen LogP contribution < -0.4 is 5.32 Å². The van der Waals surface area contributed by atoms with Crippen molar-refractivity contribution in [3.63, 3.8) is 0 Å². The minimum Gasteiger partial charge on any atom is -0.334 e. The van der Waals surface area contributed by atoms with Crippen LogP contribution in [0.15, 0.2) is 22.7 Å². The second kappa shape index (κ2) is 5.29. The average molecular weight is 252 g/mol. The maximum Gasteiger partial charge on any atom is 0.258 e. The average Bonchev–Trinajstić information content (AvgIpc) is 2.73. The van der Waals surface area contributed by atoms with E-state index in [1.807, 2.05) is 32.0 Å². The molecule has 0 aliphatic rings. The van der Waals surface area contributed by atoms with E-state index in [1.165, 1.54) is 0 Å². The number of nitrogens with one attached hydrogen (secondary N) is 1. The Kier molecular flexibility index (Phi) is 3.76. The fourth-order valence-corrected chi connectivity index (χ4v) is 1.83. The van der Waals surface area contributed by atoms with Gasteiger partial charge in [-0.25, -0.2) is 0 Å². The van der Waals surface area contributed by atoms with Crippen molar-refractivity contribution in [3.05, 3.63) is 34.6 Å². The molecule has 0 aliphatic carbocycles. The molecule has 2 aromatic rings. The predicted molar refractivity (Wildman–Crippen MR) is 66.9 cm³/mol. The van der Waals surface area contributed by atoms with Gasteiger partial charge in [0.1, 0.15) is 0 Å². The highest BCUT2D eigenvalue weighted by atomic mass is 35.5. The minimum absolute atomic E-state index is 0.503. The molecule has 0 amide bonds. The largest absolute Gasteiger partial charge is 0.334 e. The number of benzene rings is 1. The van der Waals surface area contributed by atoms with Gasteiger partial charge in [0.15, 0.2) is 5.82 Å². The summed E-state index contributed by atoms with van der Waals surface area (Å²) < 4.78 is 5.20. The number of aryl methyl sites for hydroxylation is 1. The van der Waals surface area contributed by atoms with Crippen LogP contribution in [0.2, 0.25) is 5.02 Å². The summed E-state index contributed by atoms with van der Waals surface area (Å²) in [4.78, 5) is 4.30. The Hall–Kier alpha value is -1.39. The first-order chi connectivity index (χ1) is 8.19. The van der Waals surface area contributed by atoms with Crippen LogP contribution in [-0.2, 0) is 6.54 Å². The third-order valence-electron chi connectivity index (χ3n) is 2.29. The van der Waals surface area contributed by atoms with Gasteiger partial charge in [0.05, 0.1) is 6.54 Å². The van der Waals surface area contributed by atoms with Crippen LogP contribution in [0.4, 0.5) is 0 Å². The van der Waals surface area contributed by atoms with Crippen LogP contribution in [0.5, 0.6) is 0 Å². The molecule has 0 unspecified atom stereocenters. The maximum atomic E-state index is 5.99. The molecule has 0 spiro atoms. The minimum atomic E-state index is 0.503. The van der Waals surface area contributed by atoms with E-state index in [9.17, 15) is 0 Å². The summed E-state index contributed by atoms with van der Waals surface area (Å²) in [7, 11) is 0. The maximum absolute atomic E-state index is 5.99. The Morgan fingerprint density at radius 2 is 2.18 bits per heavy atom. The molecule has 4 nitrogen and oxygen atoms in total. The Morgan fingerprint density at radius 3 is 2.88 bits per heavy atom. The lowest BCUT2D eigenvalue weighted by atomic mass is 10.1. The van der Waals surface area contributed by atoms with E-state index in [0.29, 0.717) is 23.3 Å². The fraction of sp³-hybridized carbons (Fsp3) is 0.333. The number of halogens is 1. The summed E-state index contributed by atoms with van der Waals surface area (Å²) in [5, 5.41) is 7.71. The molecule has 90 valence electrons. The van der Waals surface area contributed by atoms with Crippen molar-refractivity contribution < 1.29 is 4.52 Å². The first-order valence-electron chi connectivity index (χ1n) is 5.50. The second-order valence-electron chi connectivity index (χ2n) is 3.81. The molecule has 0 aliphatic heterocycles. The SMILES string of the molecule is CCNCc1noc(-c2cc(C)cc(Cl)c2)n1. The van der Waals surface area contributed by atoms with E-state index in [4.69, 9.17) is 16.1 Å². The lowest BCUT2D eigenvalue weighted by Gasteiger charge is -1.98. The Morgan fingerprint density at radius 1 is 1.35 bits per heavy atom. The highest BCUT2D eigenvalue weighted by Crippen LogP contribution is 2.23. The molecule has 1 heterocycles. The van der Waals surface area contributed by atoms with E-state index >= 15 is 0 Å². The molecule has 2 rings (SSSR count). The van der Waals surface area contributed by atoms with Gasteiger partial charge in [0.25, 0.3) is 5.89 Å². The first-order valence-corrected chi connectivity index (χ1v) is 5.87. The molecule has 0 saturated carbocycles. The van der Waals surface area contributed by atoms with Gasteiger partial charge in [-0.05, 0) is 37.2 Å². The molecule has 5 heteroatoms. The molecule has 1 aromatic carbocycles. The summed E-state index contributed by atoms with van der Waals surface area (Å²) >= 11 is 5.99. The molecule has 0 atom stereocenters. The van der Waals surface area contributed by atoms with Crippen LogP contribution in [0.25, 0.3) is 11.5 Å². The van der Waals surface area contributed by atoms with Crippen molar-refractivity contribution in [3.8, 4) is 11.5 Å². The third-order valence-corrected chi connectivity index (χ3v) is 2.51. The first kappa shape index (κ1) is 12.1. The van der Waals surface area contributed by atoms with Gasteiger partial charge < -0.3 is 9.84 Å². The lowest BCUT2D eigenvalue weighted by Crippen LogP contribution is -2.12. The van der Waals surface area contributed by atoms with Gasteiger partial charge in [0, 0.05) is 10.6 Å². The Bertz CT molecular complexity index is 490. The van der Waals surface area contributed by atoms with Crippen molar-refractivity contribution in [2.24, 2.45) is 0 Å². The normalized spacial score (nSPS) is 10.8. The number of hydrogen-bond donors (Lipinski definition) is 1. The van der Waals surface area contributed by atoms with Gasteiger partial charge in [0.2, 0.25) is 0 Å². The fourth-order valence-electron chi connectivity index (χ4n) is 1.54. The Labute approximate surface area is 105 Å². The molecular weight excluding hydrogens is 238 g/mol. The summed E-state index contributed by atoms with van der Waals surface area (Å²) in [5.74, 6) is 1.16. The van der Waals surface area contributed by atoms with Gasteiger partial charge in [-0.15, -0.1) is 0 Å². The van der Waals surface area contributed by atoms with Gasteiger partial charge in [-0.2, -0.15) is 4.98 Å². The van der Waals surface area contributed by atoms with Crippen LogP contribution in [0.3, 0.4) is 0 Å². The van der Waals surface area contributed by atoms with E-state index in [0.717, 1.165) is 17.7 Å². The summed E-state index contributed by atoms with van der Waals surface area (Å²) in [5.41, 5.74) is 1.92. The van der Waals surface area contributed by atoms with Gasteiger partial charge in [-0.3, -0.25) is 0 Å². The van der Waals surface area contributed by atoms with Crippen LogP contribution in [-0.4, -0.2) is 16.7 Å². The number of hydrogen-bond acceptors (Lipinski definition) is 4. The topological polar surface area (TPSA) is 51.0 Å². The van der Waals surface area contributed by atoms with Crippen molar-refractivity contribution in [1.82, 2.24) is 15.5 Å². The molecule has 17 heavy (non-hydrogen) atoms. The van der Waals surface area contributed by atoms with Crippen molar-refractivity contribution in [2.75, 3.05) is 6.54 Å². The zero-order chi connectivity index (χ0) is 12.3. The van der Waals surface area contributed by atoms with Crippen LogP contribution >= 0.6 is 11.6 Å². The zero-order valence-corrected chi connectivity index (χ0v) is 10.6. The van der Waals surface area contributed by atoms with Gasteiger partial charge in [-0.1, -0.05) is 23.7 Å². The smallest absolute Gasteiger partial charge is 0.258 e. The molecule has 0 bridgehead atoms. The van der Waals surface area contributed by atoms with Crippen molar-refractivity contribution >= 4 is 11.6 Å². The molecular formula is C12H14ClN3O. The second-order valence-corrected chi connectivity index (χ2v) is 4.25. The predicted octanol–water partition coefficient (Wildman–Crippen LogP) is 2.81. The van der Waals surface area contributed by atoms with Crippen molar-refractivity contribution in [2.45, 2.75) is 20.4 Å². The quantitative estimate of drug-likeness (QED) is 0.908. The number of aromatic nitrogens is 2. The van der Waals surface area contributed by atoms with Crippen LogP contribution in [0, 0.1) is 6.92 Å². The van der Waals surface area contributed by atoms with Gasteiger partial charge >= 0.3 is 0 Å². The van der Waals surface area contributed by atoms with E-state index in [1.54, 1.807) is 0 Å². The summed E-state index contributed by atoms with van der Waals surface area (Å²) in [6, 6.07) is 5.68. The molecule has 1 aromatic heterocycles. The number of rotatable bonds is 4. The summed E-state index contributed by atoms with van der Waals surface area (Å²) in [6.45, 7) is 5.49. The highest BCUT2D eigenvalue weighted by molar-refractivity contribution is 6.30. The molecule has 0 radical (unpaired) electrons. The van der Waals surface area contributed by atoms with E-state index in [2.05, 4.69) is 15.5 Å². The summed E-state index contributed by atoms with van der Waals surface area (Å²) in [6.07, 6.45) is 0. The van der Waals surface area contributed by atoms with E-state index in [-0.39, 0.29) is 0 Å². The third kappa shape index (κ3) is 3.05. The monoisotopic (exact) mass is 251 g/mol. The highest BCUT2D eigenvalue weighted by Gasteiger charge is 2.09. The zero-order valence-electron chi connectivity index (χ0n) is 9.83.